The second-order valence-corrected chi connectivity index (χ2v) is 5.09. The van der Waals surface area contributed by atoms with Crippen LogP contribution in [0.3, 0.4) is 0 Å². The van der Waals surface area contributed by atoms with Gasteiger partial charge in [0.15, 0.2) is 0 Å². The molecule has 3 heteroatoms. The molecule has 3 nitrogen and oxygen atoms in total. The van der Waals surface area contributed by atoms with E-state index < -0.39 is 0 Å². The molecule has 0 saturated carbocycles. The van der Waals surface area contributed by atoms with Crippen molar-refractivity contribution in [3.05, 3.63) is 17.3 Å². The molecule has 0 aliphatic carbocycles. The first-order chi connectivity index (χ1) is 7.86. The second-order valence-electron chi connectivity index (χ2n) is 5.09. The van der Waals surface area contributed by atoms with Crippen LogP contribution >= 0.6 is 0 Å². The largest absolute Gasteiger partial charge is 0.385 e. The molecule has 3 heterocycles. The standard InChI is InChI=1S/C13H21N3/c14-13-11(12-6-1-3-7-15-12)9-10-5-2-4-8-16(10)13/h9,12,15H,1-8,14H2/t12-/m1/s1. The number of nitrogens with zero attached hydrogens (tertiary/aromatic N) is 1. The summed E-state index contributed by atoms with van der Waals surface area (Å²) in [5, 5.41) is 3.59. The van der Waals surface area contributed by atoms with Crippen LogP contribution in [0.5, 0.6) is 0 Å². The zero-order valence-corrected chi connectivity index (χ0v) is 9.84. The molecule has 2 aliphatic rings. The number of piperidine rings is 1. The molecule has 0 unspecified atom stereocenters. The second kappa shape index (κ2) is 4.13. The summed E-state index contributed by atoms with van der Waals surface area (Å²) in [5.74, 6) is 1.02. The molecule has 1 saturated heterocycles. The van der Waals surface area contributed by atoms with E-state index >= 15 is 0 Å². The first kappa shape index (κ1) is 10.2. The average molecular weight is 219 g/mol. The predicted octanol–water partition coefficient (Wildman–Crippen LogP) is 2.22. The lowest BCUT2D eigenvalue weighted by atomic mass is 9.99. The van der Waals surface area contributed by atoms with Gasteiger partial charge in [0.05, 0.1) is 0 Å². The van der Waals surface area contributed by atoms with E-state index in [1.165, 1.54) is 49.8 Å². The molecule has 16 heavy (non-hydrogen) atoms. The van der Waals surface area contributed by atoms with Crippen molar-refractivity contribution in [3.63, 3.8) is 0 Å². The minimum Gasteiger partial charge on any atom is -0.385 e. The van der Waals surface area contributed by atoms with Crippen LogP contribution in [-0.4, -0.2) is 11.1 Å². The first-order valence-corrected chi connectivity index (χ1v) is 6.57. The van der Waals surface area contributed by atoms with Crippen LogP contribution in [0.4, 0.5) is 5.82 Å². The third-order valence-corrected chi connectivity index (χ3v) is 4.01. The summed E-state index contributed by atoms with van der Waals surface area (Å²) in [4.78, 5) is 0. The maximum atomic E-state index is 6.28. The van der Waals surface area contributed by atoms with Crippen LogP contribution in [0.2, 0.25) is 0 Å². The van der Waals surface area contributed by atoms with Crippen molar-refractivity contribution < 1.29 is 0 Å². The summed E-state index contributed by atoms with van der Waals surface area (Å²) in [6, 6.07) is 2.85. The Morgan fingerprint density at radius 1 is 1.25 bits per heavy atom. The number of hydrogen-bond donors (Lipinski definition) is 2. The fourth-order valence-corrected chi connectivity index (χ4v) is 3.09. The highest BCUT2D eigenvalue weighted by Crippen LogP contribution is 2.32. The quantitative estimate of drug-likeness (QED) is 0.760. The van der Waals surface area contributed by atoms with Crippen molar-refractivity contribution in [1.29, 1.82) is 0 Å². The van der Waals surface area contributed by atoms with Crippen LogP contribution in [0.15, 0.2) is 6.07 Å². The summed E-state index contributed by atoms with van der Waals surface area (Å²) in [6.07, 6.45) is 7.69. The zero-order valence-electron chi connectivity index (χ0n) is 9.84. The Morgan fingerprint density at radius 2 is 2.19 bits per heavy atom. The lowest BCUT2D eigenvalue weighted by Gasteiger charge is -2.23. The first-order valence-electron chi connectivity index (χ1n) is 6.57. The summed E-state index contributed by atoms with van der Waals surface area (Å²) < 4.78 is 2.33. The van der Waals surface area contributed by atoms with Crippen LogP contribution in [0.1, 0.15) is 49.4 Å². The van der Waals surface area contributed by atoms with Crippen molar-refractivity contribution in [3.8, 4) is 0 Å². The minimum absolute atomic E-state index is 0.506. The molecule has 88 valence electrons. The fourth-order valence-electron chi connectivity index (χ4n) is 3.09. The molecule has 3 rings (SSSR count). The van der Waals surface area contributed by atoms with Gasteiger partial charge in [0.2, 0.25) is 0 Å². The van der Waals surface area contributed by atoms with E-state index in [9.17, 15) is 0 Å². The number of nitrogens with two attached hydrogens (primary N) is 1. The van der Waals surface area contributed by atoms with Crippen LogP contribution in [0.25, 0.3) is 0 Å². The lowest BCUT2D eigenvalue weighted by Crippen LogP contribution is -2.27. The Hall–Kier alpha value is -0.960. The molecule has 1 atom stereocenters. The molecule has 0 aromatic carbocycles. The SMILES string of the molecule is Nc1c([C@H]2CCCCN2)cc2n1CCCC2. The van der Waals surface area contributed by atoms with Gasteiger partial charge in [-0.1, -0.05) is 6.42 Å². The van der Waals surface area contributed by atoms with Gasteiger partial charge in [0.25, 0.3) is 0 Å². The van der Waals surface area contributed by atoms with Gasteiger partial charge in [0, 0.05) is 23.8 Å². The van der Waals surface area contributed by atoms with Crippen molar-refractivity contribution in [1.82, 2.24) is 9.88 Å². The Kier molecular flexibility index (Phi) is 2.64. The Labute approximate surface area is 97.0 Å². The topological polar surface area (TPSA) is 43.0 Å². The normalized spacial score (nSPS) is 25.4. The van der Waals surface area contributed by atoms with E-state index in [-0.39, 0.29) is 0 Å². The molecule has 1 aromatic heterocycles. The lowest BCUT2D eigenvalue weighted by molar-refractivity contribution is 0.413. The van der Waals surface area contributed by atoms with E-state index in [1.807, 2.05) is 0 Å². The number of hydrogen-bond acceptors (Lipinski definition) is 2. The maximum absolute atomic E-state index is 6.28. The van der Waals surface area contributed by atoms with Crippen LogP contribution in [-0.2, 0) is 13.0 Å². The van der Waals surface area contributed by atoms with Gasteiger partial charge in [-0.25, -0.2) is 0 Å². The molecule has 0 amide bonds. The van der Waals surface area contributed by atoms with E-state index in [1.54, 1.807) is 0 Å². The summed E-state index contributed by atoms with van der Waals surface area (Å²) in [5.41, 5.74) is 9.09. The highest BCUT2D eigenvalue weighted by atomic mass is 15.1. The number of nitrogens with one attached hydrogen (secondary N) is 1. The van der Waals surface area contributed by atoms with Gasteiger partial charge < -0.3 is 15.6 Å². The monoisotopic (exact) mass is 219 g/mol. The van der Waals surface area contributed by atoms with Gasteiger partial charge in [-0.2, -0.15) is 0 Å². The molecular weight excluding hydrogens is 198 g/mol. The van der Waals surface area contributed by atoms with Crippen molar-refractivity contribution >= 4 is 5.82 Å². The van der Waals surface area contributed by atoms with Gasteiger partial charge in [-0.15, -0.1) is 0 Å². The number of fused-ring (bicyclic) bond motifs is 1. The highest BCUT2D eigenvalue weighted by Gasteiger charge is 2.22. The van der Waals surface area contributed by atoms with Gasteiger partial charge in [-0.05, 0) is 44.7 Å². The average Bonchev–Trinajstić information content (AvgIpc) is 2.69. The predicted molar refractivity (Wildman–Crippen MR) is 66.4 cm³/mol. The maximum Gasteiger partial charge on any atom is 0.108 e. The number of nitrogen functional groups attached to an aromatic ring is 1. The molecule has 2 aliphatic heterocycles. The van der Waals surface area contributed by atoms with Crippen LogP contribution < -0.4 is 11.1 Å². The van der Waals surface area contributed by atoms with Gasteiger partial charge in [0.1, 0.15) is 5.82 Å². The minimum atomic E-state index is 0.506. The fraction of sp³-hybridized carbons (Fsp3) is 0.692. The number of aryl methyl sites for hydroxylation is 1. The van der Waals surface area contributed by atoms with Crippen molar-refractivity contribution in [2.45, 2.75) is 51.1 Å². The molecule has 1 fully saturated rings. The molecule has 0 bridgehead atoms. The zero-order chi connectivity index (χ0) is 11.0. The number of anilines is 1. The van der Waals surface area contributed by atoms with Gasteiger partial charge >= 0.3 is 0 Å². The molecule has 3 N–H and O–H groups in total. The molecule has 0 spiro atoms. The Bertz CT molecular complexity index is 375. The smallest absolute Gasteiger partial charge is 0.108 e. The number of rotatable bonds is 1. The highest BCUT2D eigenvalue weighted by molar-refractivity contribution is 5.47. The van der Waals surface area contributed by atoms with Gasteiger partial charge in [-0.3, -0.25) is 0 Å². The summed E-state index contributed by atoms with van der Waals surface area (Å²) in [6.45, 7) is 2.26. The Morgan fingerprint density at radius 3 is 2.94 bits per heavy atom. The van der Waals surface area contributed by atoms with Crippen molar-refractivity contribution in [2.75, 3.05) is 12.3 Å². The third-order valence-electron chi connectivity index (χ3n) is 4.01. The third kappa shape index (κ3) is 1.63. The van der Waals surface area contributed by atoms with E-state index in [0.717, 1.165) is 18.9 Å². The summed E-state index contributed by atoms with van der Waals surface area (Å²) in [7, 11) is 0. The summed E-state index contributed by atoms with van der Waals surface area (Å²) >= 11 is 0. The molecule has 0 radical (unpaired) electrons. The van der Waals surface area contributed by atoms with E-state index in [4.69, 9.17) is 5.73 Å². The Balaban J connectivity index is 1.91. The number of aromatic nitrogens is 1. The van der Waals surface area contributed by atoms with E-state index in [0.29, 0.717) is 6.04 Å². The van der Waals surface area contributed by atoms with Crippen LogP contribution in [0, 0.1) is 0 Å². The molecular formula is C13H21N3. The van der Waals surface area contributed by atoms with E-state index in [2.05, 4.69) is 16.0 Å². The van der Waals surface area contributed by atoms with Crippen molar-refractivity contribution in [2.24, 2.45) is 0 Å². The molecule has 1 aromatic rings.